The predicted molar refractivity (Wildman–Crippen MR) is 70.2 cm³/mol. The van der Waals surface area contributed by atoms with Gasteiger partial charge in [-0.1, -0.05) is 30.3 Å². The van der Waals surface area contributed by atoms with Crippen molar-refractivity contribution < 1.29 is 13.2 Å². The van der Waals surface area contributed by atoms with E-state index in [1.165, 1.54) is 0 Å². The normalized spacial score (nSPS) is 11.9. The number of rotatable bonds is 3. The third-order valence-corrected chi connectivity index (χ3v) is 3.47. The van der Waals surface area contributed by atoms with Gasteiger partial charge in [-0.25, -0.2) is 4.98 Å². The minimum absolute atomic E-state index is 0.367. The summed E-state index contributed by atoms with van der Waals surface area (Å²) in [5.74, 6) is -0.567. The van der Waals surface area contributed by atoms with E-state index < -0.39 is 11.1 Å². The highest BCUT2D eigenvalue weighted by Gasteiger charge is 2.39. The third-order valence-electron chi connectivity index (χ3n) is 2.53. The van der Waals surface area contributed by atoms with Crippen LogP contribution in [0.25, 0.3) is 11.1 Å². The van der Waals surface area contributed by atoms with E-state index in [9.17, 15) is 8.78 Å². The van der Waals surface area contributed by atoms with Crippen molar-refractivity contribution in [2.24, 2.45) is 0 Å². The fourth-order valence-corrected chi connectivity index (χ4v) is 2.44. The maximum Gasteiger partial charge on any atom is 0.372 e. The van der Waals surface area contributed by atoms with E-state index >= 15 is 0 Å². The van der Waals surface area contributed by atoms with E-state index in [1.807, 2.05) is 0 Å². The quantitative estimate of drug-likeness (QED) is 0.651. The molecule has 0 aliphatic carbocycles. The van der Waals surface area contributed by atoms with Gasteiger partial charge in [0, 0.05) is 4.90 Å². The molecule has 5 heteroatoms. The summed E-state index contributed by atoms with van der Waals surface area (Å²) in [4.78, 5) is 4.31. The van der Waals surface area contributed by atoms with Gasteiger partial charge < -0.3 is 4.42 Å². The molecule has 19 heavy (non-hydrogen) atoms. The molecule has 0 aliphatic heterocycles. The zero-order valence-corrected chi connectivity index (χ0v) is 10.5. The molecule has 0 spiro atoms. The number of benzene rings is 2. The number of hydrogen-bond acceptors (Lipinski definition) is 3. The summed E-state index contributed by atoms with van der Waals surface area (Å²) in [5, 5.41) is -3.19. The molecular weight excluding hydrogens is 268 g/mol. The summed E-state index contributed by atoms with van der Waals surface area (Å²) in [7, 11) is 0. The van der Waals surface area contributed by atoms with Crippen molar-refractivity contribution in [2.75, 3.05) is 0 Å². The third kappa shape index (κ3) is 2.46. The van der Waals surface area contributed by atoms with Crippen LogP contribution in [0, 0.1) is 0 Å². The highest BCUT2D eigenvalue weighted by Crippen LogP contribution is 2.44. The molecule has 3 rings (SSSR count). The van der Waals surface area contributed by atoms with Gasteiger partial charge in [0.2, 0.25) is 0 Å². The molecule has 1 aromatic heterocycles. The molecule has 3 aromatic rings. The summed E-state index contributed by atoms with van der Waals surface area (Å²) < 4.78 is 33.3. The van der Waals surface area contributed by atoms with Gasteiger partial charge in [0.05, 0.1) is 0 Å². The molecule has 0 radical (unpaired) electrons. The molecule has 0 aliphatic rings. The number of fused-ring (bicyclic) bond motifs is 1. The first-order valence-electron chi connectivity index (χ1n) is 5.63. The number of alkyl halides is 2. The van der Waals surface area contributed by atoms with Gasteiger partial charge in [-0.3, -0.25) is 0 Å². The second-order valence-electron chi connectivity index (χ2n) is 3.92. The summed E-state index contributed by atoms with van der Waals surface area (Å²) in [6.45, 7) is 0. The Morgan fingerprint density at radius 3 is 2.37 bits per heavy atom. The van der Waals surface area contributed by atoms with Crippen LogP contribution in [0.3, 0.4) is 0 Å². The monoisotopic (exact) mass is 277 g/mol. The first-order valence-corrected chi connectivity index (χ1v) is 6.45. The van der Waals surface area contributed by atoms with E-state index in [2.05, 4.69) is 4.98 Å². The van der Waals surface area contributed by atoms with Gasteiger partial charge in [0.25, 0.3) is 5.89 Å². The van der Waals surface area contributed by atoms with E-state index in [4.69, 9.17) is 4.42 Å². The Labute approximate surface area is 112 Å². The van der Waals surface area contributed by atoms with Crippen molar-refractivity contribution in [1.29, 1.82) is 0 Å². The highest BCUT2D eigenvalue weighted by molar-refractivity contribution is 7.99. The first kappa shape index (κ1) is 12.2. The number of thioether (sulfide) groups is 1. The van der Waals surface area contributed by atoms with Crippen molar-refractivity contribution in [1.82, 2.24) is 4.98 Å². The molecule has 0 atom stereocenters. The van der Waals surface area contributed by atoms with Crippen LogP contribution >= 0.6 is 11.8 Å². The zero-order chi connectivity index (χ0) is 13.3. The van der Waals surface area contributed by atoms with Crippen molar-refractivity contribution in [3.63, 3.8) is 0 Å². The highest BCUT2D eigenvalue weighted by atomic mass is 32.2. The van der Waals surface area contributed by atoms with Crippen molar-refractivity contribution in [3.05, 3.63) is 60.5 Å². The second-order valence-corrected chi connectivity index (χ2v) is 5.11. The Kier molecular flexibility index (Phi) is 2.98. The molecule has 0 unspecified atom stereocenters. The fourth-order valence-electron chi connectivity index (χ4n) is 1.68. The Morgan fingerprint density at radius 2 is 1.63 bits per heavy atom. The van der Waals surface area contributed by atoms with Crippen LogP contribution in [0.4, 0.5) is 8.78 Å². The minimum atomic E-state index is -3.19. The van der Waals surface area contributed by atoms with Crippen LogP contribution in [0.2, 0.25) is 0 Å². The van der Waals surface area contributed by atoms with Gasteiger partial charge in [-0.15, -0.1) is 0 Å². The van der Waals surface area contributed by atoms with Crippen molar-refractivity contribution >= 4 is 22.9 Å². The summed E-state index contributed by atoms with van der Waals surface area (Å²) in [6, 6.07) is 15.2. The number of hydrogen-bond donors (Lipinski definition) is 0. The molecule has 0 amide bonds. The molecule has 0 N–H and O–H groups in total. The van der Waals surface area contributed by atoms with E-state index in [-0.39, 0.29) is 0 Å². The molecule has 0 fully saturated rings. The summed E-state index contributed by atoms with van der Waals surface area (Å²) >= 11 is 0.425. The fraction of sp³-hybridized carbons (Fsp3) is 0.0714. The van der Waals surface area contributed by atoms with E-state index in [0.29, 0.717) is 27.8 Å². The maximum atomic E-state index is 14.1. The molecule has 1 heterocycles. The number of halogens is 2. The molecule has 2 nitrogen and oxygen atoms in total. The first-order chi connectivity index (χ1) is 9.15. The molecule has 96 valence electrons. The topological polar surface area (TPSA) is 26.0 Å². The van der Waals surface area contributed by atoms with Gasteiger partial charge in [-0.05, 0) is 36.0 Å². The average molecular weight is 277 g/mol. The van der Waals surface area contributed by atoms with Crippen LogP contribution in [-0.4, -0.2) is 4.98 Å². The standard InChI is InChI=1S/C14H9F2NOS/c15-14(16,19-10-6-2-1-3-7-10)13-17-11-8-4-5-9-12(11)18-13/h1-9H. The smallest absolute Gasteiger partial charge is 0.372 e. The SMILES string of the molecule is FC(F)(Sc1ccccc1)c1nc2ccccc2o1. The Morgan fingerprint density at radius 1 is 0.947 bits per heavy atom. The van der Waals surface area contributed by atoms with Crippen LogP contribution in [0.1, 0.15) is 5.89 Å². The maximum absolute atomic E-state index is 14.1. The molecular formula is C14H9F2NOS. The molecule has 2 aromatic carbocycles. The van der Waals surface area contributed by atoms with Gasteiger partial charge in [0.1, 0.15) is 5.52 Å². The largest absolute Gasteiger partial charge is 0.434 e. The lowest BCUT2D eigenvalue weighted by Gasteiger charge is -2.11. The zero-order valence-electron chi connectivity index (χ0n) is 9.72. The van der Waals surface area contributed by atoms with E-state index in [0.717, 1.165) is 0 Å². The van der Waals surface area contributed by atoms with Gasteiger partial charge in [-0.2, -0.15) is 8.78 Å². The number of nitrogens with zero attached hydrogens (tertiary/aromatic N) is 1. The lowest BCUT2D eigenvalue weighted by Crippen LogP contribution is -2.07. The summed E-state index contributed by atoms with van der Waals surface area (Å²) in [6.07, 6.45) is 0. The van der Waals surface area contributed by atoms with Crippen molar-refractivity contribution in [3.8, 4) is 0 Å². The summed E-state index contributed by atoms with van der Waals surface area (Å²) in [5.41, 5.74) is 0.802. The molecule has 0 saturated heterocycles. The number of oxazole rings is 1. The Bertz CT molecular complexity index is 664. The molecule has 0 bridgehead atoms. The van der Waals surface area contributed by atoms with Gasteiger partial charge >= 0.3 is 5.25 Å². The van der Waals surface area contributed by atoms with Crippen LogP contribution < -0.4 is 0 Å². The van der Waals surface area contributed by atoms with Crippen molar-refractivity contribution in [2.45, 2.75) is 10.2 Å². The Hall–Kier alpha value is -1.88. The number of para-hydroxylation sites is 2. The van der Waals surface area contributed by atoms with Crippen LogP contribution in [0.15, 0.2) is 63.9 Å². The lowest BCUT2D eigenvalue weighted by molar-refractivity contribution is 0.0736. The Balaban J connectivity index is 1.95. The lowest BCUT2D eigenvalue weighted by atomic mass is 10.3. The average Bonchev–Trinajstić information content (AvgIpc) is 2.84. The predicted octanol–water partition coefficient (Wildman–Crippen LogP) is 4.67. The van der Waals surface area contributed by atoms with Gasteiger partial charge in [0.15, 0.2) is 5.58 Å². The number of aromatic nitrogens is 1. The van der Waals surface area contributed by atoms with Crippen LogP contribution in [-0.2, 0) is 5.25 Å². The van der Waals surface area contributed by atoms with Crippen LogP contribution in [0.5, 0.6) is 0 Å². The minimum Gasteiger partial charge on any atom is -0.434 e. The molecule has 0 saturated carbocycles. The second kappa shape index (κ2) is 4.66. The van der Waals surface area contributed by atoms with E-state index in [1.54, 1.807) is 54.6 Å².